The highest BCUT2D eigenvalue weighted by Gasteiger charge is 2.25. The van der Waals surface area contributed by atoms with Gasteiger partial charge in [-0.1, -0.05) is 26.0 Å². The zero-order valence-corrected chi connectivity index (χ0v) is 10.6. The molecular formula is C13H18F3NO. The molecule has 0 fully saturated rings. The summed E-state index contributed by atoms with van der Waals surface area (Å²) in [5.74, 6) is 1.13. The van der Waals surface area contributed by atoms with Crippen molar-refractivity contribution >= 4 is 0 Å². The van der Waals surface area contributed by atoms with Crippen LogP contribution in [-0.4, -0.2) is 25.9 Å². The van der Waals surface area contributed by atoms with Crippen LogP contribution >= 0.6 is 0 Å². The van der Waals surface area contributed by atoms with E-state index in [0.29, 0.717) is 11.7 Å². The summed E-state index contributed by atoms with van der Waals surface area (Å²) in [4.78, 5) is 0. The van der Waals surface area contributed by atoms with Gasteiger partial charge in [0.1, 0.15) is 12.4 Å². The van der Waals surface area contributed by atoms with Crippen LogP contribution in [0.25, 0.3) is 0 Å². The maximum absolute atomic E-state index is 11.8. The summed E-state index contributed by atoms with van der Waals surface area (Å²) >= 11 is 0. The van der Waals surface area contributed by atoms with Crippen molar-refractivity contribution in [1.29, 1.82) is 0 Å². The summed E-state index contributed by atoms with van der Waals surface area (Å²) in [6.45, 7) is 3.60. The molecule has 1 aromatic rings. The van der Waals surface area contributed by atoms with Crippen molar-refractivity contribution in [3.63, 3.8) is 0 Å². The highest BCUT2D eigenvalue weighted by molar-refractivity contribution is 5.28. The molecule has 0 aliphatic carbocycles. The number of rotatable bonds is 6. The van der Waals surface area contributed by atoms with Gasteiger partial charge in [-0.2, -0.15) is 13.2 Å². The molecule has 0 spiro atoms. The normalized spacial score (nSPS) is 11.9. The fourth-order valence-corrected chi connectivity index (χ4v) is 1.42. The van der Waals surface area contributed by atoms with Crippen LogP contribution in [0.1, 0.15) is 25.3 Å². The number of benzene rings is 1. The smallest absolute Gasteiger partial charge is 0.401 e. The first kappa shape index (κ1) is 14.8. The lowest BCUT2D eigenvalue weighted by molar-refractivity contribution is -0.124. The van der Waals surface area contributed by atoms with Crippen LogP contribution in [0.5, 0.6) is 5.75 Å². The summed E-state index contributed by atoms with van der Waals surface area (Å²) in [6, 6.07) is 7.59. The van der Waals surface area contributed by atoms with E-state index >= 15 is 0 Å². The van der Waals surface area contributed by atoms with Crippen molar-refractivity contribution in [3.8, 4) is 5.75 Å². The summed E-state index contributed by atoms with van der Waals surface area (Å²) in [6.07, 6.45) is -4.17. The third kappa shape index (κ3) is 5.91. The molecule has 0 saturated carbocycles. The largest absolute Gasteiger partial charge is 0.492 e. The maximum Gasteiger partial charge on any atom is 0.401 e. The molecule has 1 N–H and O–H groups in total. The molecule has 0 heterocycles. The number of alkyl halides is 3. The number of ether oxygens (including phenoxy) is 1. The van der Waals surface area contributed by atoms with Crippen LogP contribution in [-0.2, 0) is 0 Å². The van der Waals surface area contributed by atoms with Crippen molar-refractivity contribution in [2.24, 2.45) is 0 Å². The van der Waals surface area contributed by atoms with Gasteiger partial charge in [0.15, 0.2) is 0 Å². The average molecular weight is 261 g/mol. The molecule has 0 atom stereocenters. The van der Waals surface area contributed by atoms with Crippen molar-refractivity contribution in [2.45, 2.75) is 25.9 Å². The molecule has 0 saturated heterocycles. The molecule has 102 valence electrons. The lowest BCUT2D eigenvalue weighted by Crippen LogP contribution is -2.31. The van der Waals surface area contributed by atoms with Crippen LogP contribution in [0.3, 0.4) is 0 Å². The Bertz CT molecular complexity index is 346. The Morgan fingerprint density at radius 1 is 1.17 bits per heavy atom. The van der Waals surface area contributed by atoms with Gasteiger partial charge in [-0.05, 0) is 23.6 Å². The standard InChI is InChI=1S/C13H18F3NO/c1-10(2)11-3-5-12(6-4-11)18-8-7-17-9-13(14,15)16/h3-6,10,17H,7-9H2,1-2H3. The van der Waals surface area contributed by atoms with Gasteiger partial charge in [-0.3, -0.25) is 0 Å². The van der Waals surface area contributed by atoms with Gasteiger partial charge in [0, 0.05) is 6.54 Å². The first-order valence-electron chi connectivity index (χ1n) is 5.89. The Hall–Kier alpha value is -1.23. The van der Waals surface area contributed by atoms with Crippen LogP contribution in [0, 0.1) is 0 Å². The maximum atomic E-state index is 11.8. The molecule has 18 heavy (non-hydrogen) atoms. The third-order valence-electron chi connectivity index (χ3n) is 2.42. The Labute approximate surface area is 105 Å². The average Bonchev–Trinajstić information content (AvgIpc) is 2.27. The second-order valence-electron chi connectivity index (χ2n) is 4.36. The molecule has 0 bridgehead atoms. The molecule has 1 rings (SSSR count). The molecule has 1 aromatic carbocycles. The van der Waals surface area contributed by atoms with Crippen molar-refractivity contribution in [2.75, 3.05) is 19.7 Å². The molecule has 5 heteroatoms. The van der Waals surface area contributed by atoms with Crippen molar-refractivity contribution < 1.29 is 17.9 Å². The van der Waals surface area contributed by atoms with E-state index in [1.54, 1.807) is 0 Å². The molecule has 2 nitrogen and oxygen atoms in total. The number of hydrogen-bond acceptors (Lipinski definition) is 2. The Kier molecular flexibility index (Phi) is 5.47. The summed E-state index contributed by atoms with van der Waals surface area (Å²) in [5.41, 5.74) is 1.21. The zero-order valence-electron chi connectivity index (χ0n) is 10.6. The SMILES string of the molecule is CC(C)c1ccc(OCCNCC(F)(F)F)cc1. The summed E-state index contributed by atoms with van der Waals surface area (Å²) < 4.78 is 40.8. The minimum Gasteiger partial charge on any atom is -0.492 e. The minimum atomic E-state index is -4.17. The molecule has 0 amide bonds. The van der Waals surface area contributed by atoms with Gasteiger partial charge in [0.05, 0.1) is 6.54 Å². The molecule has 0 aromatic heterocycles. The molecule has 0 unspecified atom stereocenters. The van der Waals surface area contributed by atoms with Gasteiger partial charge >= 0.3 is 6.18 Å². The van der Waals surface area contributed by atoms with E-state index in [1.807, 2.05) is 24.3 Å². The van der Waals surface area contributed by atoms with E-state index in [2.05, 4.69) is 19.2 Å². The third-order valence-corrected chi connectivity index (χ3v) is 2.42. The fourth-order valence-electron chi connectivity index (χ4n) is 1.42. The Balaban J connectivity index is 2.23. The molecular weight excluding hydrogens is 243 g/mol. The van der Waals surface area contributed by atoms with Gasteiger partial charge in [0.25, 0.3) is 0 Å². The van der Waals surface area contributed by atoms with E-state index < -0.39 is 12.7 Å². The predicted molar refractivity (Wildman–Crippen MR) is 65.0 cm³/mol. The van der Waals surface area contributed by atoms with E-state index in [4.69, 9.17) is 4.74 Å². The number of nitrogens with one attached hydrogen (secondary N) is 1. The van der Waals surface area contributed by atoms with E-state index in [-0.39, 0.29) is 13.2 Å². The minimum absolute atomic E-state index is 0.172. The van der Waals surface area contributed by atoms with Crippen LogP contribution in [0.4, 0.5) is 13.2 Å². The van der Waals surface area contributed by atoms with Gasteiger partial charge in [0.2, 0.25) is 0 Å². The van der Waals surface area contributed by atoms with E-state index in [0.717, 1.165) is 0 Å². The number of hydrogen-bond donors (Lipinski definition) is 1. The van der Waals surface area contributed by atoms with E-state index in [9.17, 15) is 13.2 Å². The first-order valence-corrected chi connectivity index (χ1v) is 5.89. The van der Waals surface area contributed by atoms with Gasteiger partial charge in [-0.25, -0.2) is 0 Å². The van der Waals surface area contributed by atoms with Gasteiger partial charge in [-0.15, -0.1) is 0 Å². The van der Waals surface area contributed by atoms with Crippen molar-refractivity contribution in [1.82, 2.24) is 5.32 Å². The quantitative estimate of drug-likeness (QED) is 0.793. The summed E-state index contributed by atoms with van der Waals surface area (Å²) in [5, 5.41) is 2.28. The molecule has 0 radical (unpaired) electrons. The Morgan fingerprint density at radius 3 is 2.28 bits per heavy atom. The monoisotopic (exact) mass is 261 g/mol. The summed E-state index contributed by atoms with van der Waals surface area (Å²) in [7, 11) is 0. The molecule has 0 aliphatic heterocycles. The first-order chi connectivity index (χ1) is 8.38. The fraction of sp³-hybridized carbons (Fsp3) is 0.538. The second kappa shape index (κ2) is 6.64. The van der Waals surface area contributed by atoms with Crippen LogP contribution in [0.2, 0.25) is 0 Å². The van der Waals surface area contributed by atoms with Crippen LogP contribution < -0.4 is 10.1 Å². The topological polar surface area (TPSA) is 21.3 Å². The number of halogens is 3. The predicted octanol–water partition coefficient (Wildman–Crippen LogP) is 3.34. The van der Waals surface area contributed by atoms with Gasteiger partial charge < -0.3 is 10.1 Å². The van der Waals surface area contributed by atoms with E-state index in [1.165, 1.54) is 5.56 Å². The lowest BCUT2D eigenvalue weighted by Gasteiger charge is -2.10. The molecule has 0 aliphatic rings. The highest BCUT2D eigenvalue weighted by atomic mass is 19.4. The Morgan fingerprint density at radius 2 is 1.78 bits per heavy atom. The lowest BCUT2D eigenvalue weighted by atomic mass is 10.0. The zero-order chi connectivity index (χ0) is 13.6. The second-order valence-corrected chi connectivity index (χ2v) is 4.36. The van der Waals surface area contributed by atoms with Crippen LogP contribution in [0.15, 0.2) is 24.3 Å². The highest BCUT2D eigenvalue weighted by Crippen LogP contribution is 2.18. The van der Waals surface area contributed by atoms with Crippen molar-refractivity contribution in [3.05, 3.63) is 29.8 Å².